The normalized spacial score (nSPS) is 18.5. The highest BCUT2D eigenvalue weighted by molar-refractivity contribution is 8.15. The average molecular weight is 1350 g/mol. The molecule has 9 N–H and O–H groups in total. The summed E-state index contributed by atoms with van der Waals surface area (Å²) >= 11 is 1.08. The Kier molecular flexibility index (Phi) is 36.2. The molecule has 0 aliphatic carbocycles. The highest BCUT2D eigenvalue weighted by Gasteiger charge is 2.36. The molecule has 0 spiro atoms. The number of amides is 10. The van der Waals surface area contributed by atoms with Gasteiger partial charge in [0.05, 0.1) is 11.8 Å². The largest absolute Gasteiger partial charge is 0.444 e. The number of hydrogen-bond donors (Lipinski definition) is 9. The molecule has 10 heterocycles. The van der Waals surface area contributed by atoms with Crippen LogP contribution >= 0.6 is 11.8 Å². The van der Waals surface area contributed by atoms with Crippen molar-refractivity contribution in [1.29, 1.82) is 0 Å². The summed E-state index contributed by atoms with van der Waals surface area (Å²) in [6.07, 6.45) is 3.61. The van der Waals surface area contributed by atoms with Gasteiger partial charge in [0.1, 0.15) is 11.9 Å². The van der Waals surface area contributed by atoms with Crippen LogP contribution in [-0.4, -0.2) is 163 Å². The fraction of sp³-hybridized carbons (Fsp3) is 0.678. The van der Waals surface area contributed by atoms with Crippen molar-refractivity contribution in [1.82, 2.24) is 76.1 Å². The fourth-order valence-corrected chi connectivity index (χ4v) is 8.69. The lowest BCUT2D eigenvalue weighted by atomic mass is 9.95. The van der Waals surface area contributed by atoms with E-state index in [9.17, 15) is 67.1 Å². The molecule has 4 aromatic rings. The van der Waals surface area contributed by atoms with E-state index in [4.69, 9.17) is 4.74 Å². The van der Waals surface area contributed by atoms with Crippen molar-refractivity contribution in [2.75, 3.05) is 19.7 Å². The number of hydrogen-bond acceptors (Lipinski definition) is 23. The molecule has 0 aromatic carbocycles. The summed E-state index contributed by atoms with van der Waals surface area (Å²) in [7, 11) is 0. The third-order valence-electron chi connectivity index (χ3n) is 13.2. The van der Waals surface area contributed by atoms with Gasteiger partial charge in [-0.05, 0) is 71.6 Å². The lowest BCUT2D eigenvalue weighted by Crippen LogP contribution is -2.35. The first-order chi connectivity index (χ1) is 43.7. The Balaban J connectivity index is 0.000000522. The number of H-pyrrole nitrogens is 5. The Bertz CT molecular complexity index is 3070. The van der Waals surface area contributed by atoms with Crippen LogP contribution in [0.5, 0.6) is 0 Å². The number of aromatic amines is 5. The molecule has 34 nitrogen and oxygen atoms in total. The lowest BCUT2D eigenvalue weighted by Gasteiger charge is -2.19. The van der Waals surface area contributed by atoms with E-state index in [1.54, 1.807) is 30.8 Å². The minimum atomic E-state index is -0.635. The molecule has 6 aliphatic rings. The molecule has 10 amide bonds. The van der Waals surface area contributed by atoms with Gasteiger partial charge in [-0.2, -0.15) is 5.10 Å². The summed E-state index contributed by atoms with van der Waals surface area (Å²) in [6.45, 7) is 40.2. The number of aromatic nitrogens is 9. The van der Waals surface area contributed by atoms with E-state index in [-0.39, 0.29) is 124 Å². The van der Waals surface area contributed by atoms with Crippen LogP contribution in [0.25, 0.3) is 0 Å². The van der Waals surface area contributed by atoms with Gasteiger partial charge in [0.2, 0.25) is 29.5 Å². The number of carbonyl (C=O) groups excluding carboxylic acids is 10. The molecule has 6 aliphatic heterocycles. The van der Waals surface area contributed by atoms with E-state index >= 15 is 0 Å². The Labute approximate surface area is 548 Å². The number of imide groups is 4. The number of imidazole rings is 1. The predicted octanol–water partition coefficient (Wildman–Crippen LogP) is 5.67. The Morgan fingerprint density at radius 2 is 1.21 bits per heavy atom. The van der Waals surface area contributed by atoms with E-state index in [1.165, 1.54) is 0 Å². The number of rotatable bonds is 10. The minimum Gasteiger partial charge on any atom is -0.444 e. The van der Waals surface area contributed by atoms with Crippen molar-refractivity contribution in [3.05, 3.63) is 72.0 Å². The standard InChI is InChI=1S/C7H11NO2.C7H13NO.C6H10N2O.2C6H9NO3.C6H9NO2S.C6H11NO2.C5H9N3O.2C5H8N2O2/c1-4(2)5-3-6(9)8-7(5)10;1-6(2)8-5-3-4-7(8)9;1-5(2)8-4-3-7-6(8)9;1-4(2)7-5(8)3-10-6(7)9;2*1-3(2)4-5(8)7-6(9)10-4;1-4(2)5-3-7-6(8)9-5;1-3(2)4-6-5(9)8-7-4;1-3(2)4-6-7-5(8)9-4;1-3(2)4-6-5(8)9-7-4/h4-5H,3H2,1-2H3,(H,8,9,10);6H,3-5H2,1-2H3;3-5H,1-2H3,(H,7,9);4H,3H2,1-2H3;2*3-4H,1-2H3,(H,7,8,9);4-5H,3H2,1-2H3,(H,7,8);3H,1-2H3,(H2,6,7,8,9);3H,1-2H3,(H,7,8);3H,1-2H3,(H,6,7,8). The van der Waals surface area contributed by atoms with Crippen LogP contribution in [0.2, 0.25) is 0 Å². The molecule has 94 heavy (non-hydrogen) atoms. The minimum absolute atomic E-state index is 0.0370. The number of cyclic esters (lactones) is 3. The van der Waals surface area contributed by atoms with E-state index in [1.807, 2.05) is 121 Å². The van der Waals surface area contributed by atoms with Crippen molar-refractivity contribution >= 4 is 70.7 Å². The van der Waals surface area contributed by atoms with Crippen molar-refractivity contribution < 1.29 is 71.1 Å². The highest BCUT2D eigenvalue weighted by Crippen LogP contribution is 2.25. The Hall–Kier alpha value is -8.92. The first-order valence-electron chi connectivity index (χ1n) is 30.8. The van der Waals surface area contributed by atoms with Crippen molar-refractivity contribution in [3.63, 3.8) is 0 Å². The molecule has 35 heteroatoms. The lowest BCUT2D eigenvalue weighted by molar-refractivity contribution is -0.129. The highest BCUT2D eigenvalue weighted by atomic mass is 32.2. The van der Waals surface area contributed by atoms with Crippen LogP contribution in [0.3, 0.4) is 0 Å². The van der Waals surface area contributed by atoms with Crippen molar-refractivity contribution in [2.24, 2.45) is 29.6 Å². The molecule has 0 radical (unpaired) electrons. The van der Waals surface area contributed by atoms with Crippen LogP contribution < -0.4 is 44.2 Å². The maximum Gasteiger partial charge on any atom is 0.438 e. The molecule has 6 saturated heterocycles. The van der Waals surface area contributed by atoms with Gasteiger partial charge in [-0.25, -0.2) is 48.7 Å². The zero-order chi connectivity index (χ0) is 72.0. The molecule has 4 atom stereocenters. The van der Waals surface area contributed by atoms with Crippen LogP contribution in [0, 0.1) is 29.6 Å². The third-order valence-corrected chi connectivity index (χ3v) is 14.5. The van der Waals surface area contributed by atoms with Crippen LogP contribution in [-0.2, 0) is 43.0 Å². The maximum atomic E-state index is 10.9. The summed E-state index contributed by atoms with van der Waals surface area (Å²) in [4.78, 5) is 159. The van der Waals surface area contributed by atoms with Gasteiger partial charge in [-0.1, -0.05) is 114 Å². The Morgan fingerprint density at radius 1 is 0.585 bits per heavy atom. The maximum absolute atomic E-state index is 10.9. The fourth-order valence-electron chi connectivity index (χ4n) is 7.86. The number of alkyl carbamates (subject to hydrolysis) is 2. The van der Waals surface area contributed by atoms with Crippen LogP contribution in [0.4, 0.5) is 19.2 Å². The number of carbonyl (C=O) groups is 10. The second-order valence-corrected chi connectivity index (χ2v) is 25.7. The molecular formula is C59H97N15O19S. The smallest absolute Gasteiger partial charge is 0.438 e. The number of likely N-dealkylation sites (tertiary alicyclic amines) is 1. The third kappa shape index (κ3) is 30.2. The summed E-state index contributed by atoms with van der Waals surface area (Å²) in [5.41, 5.74) is -0.274. The molecule has 4 aromatic heterocycles. The van der Waals surface area contributed by atoms with Gasteiger partial charge < -0.3 is 33.8 Å². The van der Waals surface area contributed by atoms with Gasteiger partial charge in [-0.15, -0.1) is 5.10 Å². The first kappa shape index (κ1) is 83.1. The number of thioether (sulfide) groups is 1. The van der Waals surface area contributed by atoms with Gasteiger partial charge >= 0.3 is 41.2 Å². The Morgan fingerprint density at radius 3 is 1.43 bits per heavy atom. The number of nitrogens with zero attached hydrogens (tertiary/aromatic N) is 6. The zero-order valence-electron chi connectivity index (χ0n) is 57.3. The number of ether oxygens (including phenoxy) is 3. The molecule has 6 fully saturated rings. The second-order valence-electron chi connectivity index (χ2n) is 24.6. The van der Waals surface area contributed by atoms with Crippen molar-refractivity contribution in [2.45, 2.75) is 211 Å². The van der Waals surface area contributed by atoms with Gasteiger partial charge in [-0.3, -0.25) is 68.6 Å². The van der Waals surface area contributed by atoms with Gasteiger partial charge in [0.25, 0.3) is 17.1 Å². The first-order valence-corrected chi connectivity index (χ1v) is 31.7. The molecule has 0 saturated carbocycles. The van der Waals surface area contributed by atoms with Crippen LogP contribution in [0.15, 0.2) is 40.5 Å². The van der Waals surface area contributed by atoms with E-state index < -0.39 is 29.8 Å². The molecule has 528 valence electrons. The SMILES string of the molecule is CC(C)C1CC(=O)NC1=O.CC(C)C1CNC(=O)O1.CC(C)C1OC(=O)NC1=O.CC(C)C1SC(=O)NC1=O.CC(C)N1C(=O)COC1=O.CC(C)N1CCCC1=O.CC(C)c1n[nH]c(=O)[nH]1.CC(C)c1n[nH]c(=O)o1.CC(C)c1noc(=O)[nH]1.CC(C)n1cc[nH]c1=O. The van der Waals surface area contributed by atoms with Gasteiger partial charge in [0.15, 0.2) is 18.5 Å². The average Bonchev–Trinajstić information content (AvgIpc) is 3.68. The summed E-state index contributed by atoms with van der Waals surface area (Å²) in [5.74, 6) is 1.69. The second kappa shape index (κ2) is 40.9. The molecule has 10 rings (SSSR count). The van der Waals surface area contributed by atoms with E-state index in [2.05, 4.69) is 88.7 Å². The molecule has 0 bridgehead atoms. The topological polar surface area (TPSA) is 470 Å². The number of nitrogens with one attached hydrogen (secondary N) is 9. The summed E-state index contributed by atoms with van der Waals surface area (Å²) in [5, 5.41) is 24.0. The quantitative estimate of drug-likeness (QED) is 0.0682. The summed E-state index contributed by atoms with van der Waals surface area (Å²) < 4.78 is 24.5. The van der Waals surface area contributed by atoms with Crippen LogP contribution in [0.1, 0.15) is 199 Å². The predicted molar refractivity (Wildman–Crippen MR) is 343 cm³/mol. The molecule has 4 unspecified atom stereocenters. The van der Waals surface area contributed by atoms with Gasteiger partial charge in [0, 0.05) is 73.6 Å². The van der Waals surface area contributed by atoms with Crippen molar-refractivity contribution in [3.8, 4) is 0 Å². The molecular weight excluding hydrogens is 1250 g/mol. The monoisotopic (exact) mass is 1350 g/mol. The van der Waals surface area contributed by atoms with E-state index in [0.717, 1.165) is 36.0 Å². The summed E-state index contributed by atoms with van der Waals surface area (Å²) in [6, 6.07) is 0.561. The zero-order valence-corrected chi connectivity index (χ0v) is 58.1. The van der Waals surface area contributed by atoms with E-state index in [0.29, 0.717) is 48.4 Å².